The molecule has 6 nitrogen and oxygen atoms in total. The zero-order chi connectivity index (χ0) is 13.0. The van der Waals surface area contributed by atoms with Crippen molar-refractivity contribution in [3.8, 4) is 0 Å². The normalized spacial score (nSPS) is 20.9. The Morgan fingerprint density at radius 2 is 2.50 bits per heavy atom. The standard InChI is InChI=1S/C12H19N3O3/c1-3-15-9-13-6-10(15)7-14-4-5-18-11(8-14)12(16)17-2/h6,9,11H,3-5,7-8H2,1-2H3. The van der Waals surface area contributed by atoms with Crippen LogP contribution in [0, 0.1) is 0 Å². The third kappa shape index (κ3) is 2.88. The molecule has 0 saturated carbocycles. The molecule has 0 aliphatic carbocycles. The molecule has 1 aromatic heterocycles. The van der Waals surface area contributed by atoms with Crippen LogP contribution in [-0.4, -0.2) is 53.3 Å². The average molecular weight is 253 g/mol. The van der Waals surface area contributed by atoms with Crippen LogP contribution in [0.2, 0.25) is 0 Å². The number of hydrogen-bond donors (Lipinski definition) is 0. The summed E-state index contributed by atoms with van der Waals surface area (Å²) in [4.78, 5) is 17.8. The zero-order valence-electron chi connectivity index (χ0n) is 10.8. The molecule has 1 saturated heterocycles. The molecule has 0 radical (unpaired) electrons. The van der Waals surface area contributed by atoms with Gasteiger partial charge in [-0.1, -0.05) is 0 Å². The maximum Gasteiger partial charge on any atom is 0.336 e. The Balaban J connectivity index is 1.95. The fourth-order valence-electron chi connectivity index (χ4n) is 2.11. The number of ether oxygens (including phenoxy) is 2. The zero-order valence-corrected chi connectivity index (χ0v) is 10.8. The summed E-state index contributed by atoms with van der Waals surface area (Å²) in [5, 5.41) is 0. The Morgan fingerprint density at radius 1 is 1.67 bits per heavy atom. The number of nitrogens with zero attached hydrogens (tertiary/aromatic N) is 3. The third-order valence-corrected chi connectivity index (χ3v) is 3.14. The van der Waals surface area contributed by atoms with Crippen molar-refractivity contribution in [2.75, 3.05) is 26.8 Å². The summed E-state index contributed by atoms with van der Waals surface area (Å²) in [6.07, 6.45) is 3.22. The first-order valence-electron chi connectivity index (χ1n) is 6.15. The van der Waals surface area contributed by atoms with Gasteiger partial charge >= 0.3 is 5.97 Å². The second-order valence-corrected chi connectivity index (χ2v) is 4.29. The van der Waals surface area contributed by atoms with Gasteiger partial charge in [0.1, 0.15) is 0 Å². The first-order valence-corrected chi connectivity index (χ1v) is 6.15. The van der Waals surface area contributed by atoms with Gasteiger partial charge in [-0.25, -0.2) is 9.78 Å². The highest BCUT2D eigenvalue weighted by molar-refractivity contribution is 5.74. The summed E-state index contributed by atoms with van der Waals surface area (Å²) >= 11 is 0. The molecule has 0 aromatic carbocycles. The maximum absolute atomic E-state index is 11.4. The van der Waals surface area contributed by atoms with Crippen LogP contribution in [0.5, 0.6) is 0 Å². The summed E-state index contributed by atoms with van der Waals surface area (Å²) in [6, 6.07) is 0. The number of esters is 1. The van der Waals surface area contributed by atoms with Crippen molar-refractivity contribution in [3.63, 3.8) is 0 Å². The number of rotatable bonds is 4. The number of methoxy groups -OCH3 is 1. The Hall–Kier alpha value is -1.40. The smallest absolute Gasteiger partial charge is 0.336 e. The van der Waals surface area contributed by atoms with E-state index in [-0.39, 0.29) is 5.97 Å². The number of aryl methyl sites for hydroxylation is 1. The van der Waals surface area contributed by atoms with Crippen molar-refractivity contribution in [1.82, 2.24) is 14.5 Å². The summed E-state index contributed by atoms with van der Waals surface area (Å²) in [5.41, 5.74) is 1.16. The maximum atomic E-state index is 11.4. The van der Waals surface area contributed by atoms with E-state index >= 15 is 0 Å². The van der Waals surface area contributed by atoms with Gasteiger partial charge in [-0.2, -0.15) is 0 Å². The van der Waals surface area contributed by atoms with Gasteiger partial charge in [-0.15, -0.1) is 0 Å². The summed E-state index contributed by atoms with van der Waals surface area (Å²) < 4.78 is 12.2. The molecule has 2 rings (SSSR count). The van der Waals surface area contributed by atoms with Gasteiger partial charge in [-0.3, -0.25) is 4.90 Å². The molecule has 6 heteroatoms. The van der Waals surface area contributed by atoms with E-state index in [2.05, 4.69) is 21.4 Å². The van der Waals surface area contributed by atoms with Crippen LogP contribution in [0.3, 0.4) is 0 Å². The van der Waals surface area contributed by atoms with Crippen molar-refractivity contribution in [2.24, 2.45) is 0 Å². The van der Waals surface area contributed by atoms with Gasteiger partial charge in [0, 0.05) is 32.4 Å². The molecule has 1 fully saturated rings. The van der Waals surface area contributed by atoms with Crippen molar-refractivity contribution in [3.05, 3.63) is 18.2 Å². The molecule has 0 N–H and O–H groups in total. The average Bonchev–Trinajstić information content (AvgIpc) is 2.85. The van der Waals surface area contributed by atoms with Crippen LogP contribution in [0.1, 0.15) is 12.6 Å². The van der Waals surface area contributed by atoms with E-state index in [4.69, 9.17) is 9.47 Å². The van der Waals surface area contributed by atoms with Gasteiger partial charge in [0.15, 0.2) is 6.10 Å². The highest BCUT2D eigenvalue weighted by atomic mass is 16.6. The van der Waals surface area contributed by atoms with Crippen molar-refractivity contribution in [1.29, 1.82) is 0 Å². The largest absolute Gasteiger partial charge is 0.467 e. The van der Waals surface area contributed by atoms with E-state index in [0.29, 0.717) is 13.2 Å². The summed E-state index contributed by atoms with van der Waals surface area (Å²) in [6.45, 7) is 5.72. The Morgan fingerprint density at radius 3 is 3.22 bits per heavy atom. The first kappa shape index (κ1) is 13.0. The minimum atomic E-state index is -0.471. The van der Waals surface area contributed by atoms with Crippen molar-refractivity contribution < 1.29 is 14.3 Å². The van der Waals surface area contributed by atoms with E-state index in [1.54, 1.807) is 0 Å². The van der Waals surface area contributed by atoms with Crippen molar-refractivity contribution in [2.45, 2.75) is 26.1 Å². The molecule has 0 amide bonds. The Labute approximate surface area is 106 Å². The topological polar surface area (TPSA) is 56.6 Å². The van der Waals surface area contributed by atoms with Crippen LogP contribution < -0.4 is 0 Å². The number of morpholine rings is 1. The SMILES string of the molecule is CCn1cncc1CN1CCOC(C(=O)OC)C1. The fraction of sp³-hybridized carbons (Fsp3) is 0.667. The van der Waals surface area contributed by atoms with Crippen molar-refractivity contribution >= 4 is 5.97 Å². The summed E-state index contributed by atoms with van der Waals surface area (Å²) in [7, 11) is 1.39. The summed E-state index contributed by atoms with van der Waals surface area (Å²) in [5.74, 6) is -0.302. The minimum absolute atomic E-state index is 0.302. The van der Waals surface area contributed by atoms with E-state index in [1.807, 2.05) is 12.5 Å². The molecule has 1 aliphatic rings. The fourth-order valence-corrected chi connectivity index (χ4v) is 2.11. The second kappa shape index (κ2) is 5.97. The molecule has 18 heavy (non-hydrogen) atoms. The van der Waals surface area contributed by atoms with E-state index in [9.17, 15) is 4.79 Å². The Bertz CT molecular complexity index is 405. The van der Waals surface area contributed by atoms with Crippen LogP contribution in [-0.2, 0) is 27.4 Å². The van der Waals surface area contributed by atoms with Gasteiger partial charge in [0.05, 0.1) is 25.7 Å². The predicted octanol–water partition coefficient (Wildman–Crippen LogP) is 0.277. The lowest BCUT2D eigenvalue weighted by molar-refractivity contribution is -0.160. The molecule has 1 unspecified atom stereocenters. The lowest BCUT2D eigenvalue weighted by atomic mass is 10.2. The number of carbonyl (C=O) groups is 1. The number of aromatic nitrogens is 2. The Kier molecular flexibility index (Phi) is 4.33. The highest BCUT2D eigenvalue weighted by Gasteiger charge is 2.27. The minimum Gasteiger partial charge on any atom is -0.467 e. The lowest BCUT2D eigenvalue weighted by Gasteiger charge is -2.31. The van der Waals surface area contributed by atoms with Crippen LogP contribution in [0.4, 0.5) is 0 Å². The molecule has 1 atom stereocenters. The van der Waals surface area contributed by atoms with E-state index in [1.165, 1.54) is 7.11 Å². The van der Waals surface area contributed by atoms with E-state index in [0.717, 1.165) is 25.3 Å². The number of hydrogen-bond acceptors (Lipinski definition) is 5. The molecular formula is C12H19N3O3. The molecule has 1 aliphatic heterocycles. The lowest BCUT2D eigenvalue weighted by Crippen LogP contribution is -2.46. The van der Waals surface area contributed by atoms with Crippen LogP contribution >= 0.6 is 0 Å². The quantitative estimate of drug-likeness (QED) is 0.721. The predicted molar refractivity (Wildman–Crippen MR) is 64.9 cm³/mol. The number of carbonyl (C=O) groups excluding carboxylic acids is 1. The monoisotopic (exact) mass is 253 g/mol. The first-order chi connectivity index (χ1) is 8.74. The van der Waals surface area contributed by atoms with Gasteiger partial charge in [0.2, 0.25) is 0 Å². The molecule has 0 spiro atoms. The second-order valence-electron chi connectivity index (χ2n) is 4.29. The molecule has 100 valence electrons. The molecule has 2 heterocycles. The van der Waals surface area contributed by atoms with Gasteiger partial charge in [-0.05, 0) is 6.92 Å². The van der Waals surface area contributed by atoms with E-state index < -0.39 is 6.10 Å². The highest BCUT2D eigenvalue weighted by Crippen LogP contribution is 2.11. The number of imidazole rings is 1. The molecule has 0 bridgehead atoms. The molecular weight excluding hydrogens is 234 g/mol. The van der Waals surface area contributed by atoms with Crippen LogP contribution in [0.25, 0.3) is 0 Å². The van der Waals surface area contributed by atoms with Crippen LogP contribution in [0.15, 0.2) is 12.5 Å². The van der Waals surface area contributed by atoms with Gasteiger partial charge in [0.25, 0.3) is 0 Å². The molecule has 1 aromatic rings. The van der Waals surface area contributed by atoms with Gasteiger partial charge < -0.3 is 14.0 Å². The third-order valence-electron chi connectivity index (χ3n) is 3.14.